The maximum atomic E-state index is 8.80. The van der Waals surface area contributed by atoms with Gasteiger partial charge in [0, 0.05) is 6.42 Å². The lowest BCUT2D eigenvalue weighted by Gasteiger charge is -2.32. The van der Waals surface area contributed by atoms with Gasteiger partial charge in [-0.25, -0.2) is 0 Å². The van der Waals surface area contributed by atoms with E-state index in [1.165, 1.54) is 5.56 Å². The van der Waals surface area contributed by atoms with Gasteiger partial charge in [0.15, 0.2) is 0 Å². The predicted molar refractivity (Wildman–Crippen MR) is 46.4 cm³/mol. The van der Waals surface area contributed by atoms with E-state index in [1.54, 1.807) is 0 Å². The summed E-state index contributed by atoms with van der Waals surface area (Å²) >= 11 is 3.40. The molecule has 1 aliphatic carbocycles. The molecule has 0 amide bonds. The zero-order valence-electron chi connectivity index (χ0n) is 5.84. The molecule has 54 valence electrons. The summed E-state index contributed by atoms with van der Waals surface area (Å²) in [7, 11) is 0. The average Bonchev–Trinajstić information content (AvgIpc) is 2.02. The summed E-state index contributed by atoms with van der Waals surface area (Å²) < 4.78 is -0.385. The van der Waals surface area contributed by atoms with Crippen LogP contribution in [0.3, 0.4) is 0 Å². The van der Waals surface area contributed by atoms with Crippen molar-refractivity contribution in [2.75, 3.05) is 0 Å². The highest BCUT2D eigenvalue weighted by Crippen LogP contribution is 2.45. The molecule has 0 aromatic heterocycles. The van der Waals surface area contributed by atoms with E-state index in [4.69, 9.17) is 5.26 Å². The zero-order chi connectivity index (χ0) is 7.90. The first-order valence-electron chi connectivity index (χ1n) is 3.45. The quantitative estimate of drug-likeness (QED) is 0.600. The lowest BCUT2D eigenvalue weighted by atomic mass is 9.78. The van der Waals surface area contributed by atoms with Gasteiger partial charge in [-0.15, -0.1) is 0 Å². The van der Waals surface area contributed by atoms with Crippen molar-refractivity contribution in [2.45, 2.75) is 10.7 Å². The Balaban J connectivity index is 2.53. The van der Waals surface area contributed by atoms with Crippen LogP contribution in [0.2, 0.25) is 0 Å². The van der Waals surface area contributed by atoms with E-state index in [0.29, 0.717) is 0 Å². The first kappa shape index (κ1) is 6.87. The Kier molecular flexibility index (Phi) is 1.30. The van der Waals surface area contributed by atoms with Crippen molar-refractivity contribution >= 4 is 15.9 Å². The number of benzene rings is 1. The van der Waals surface area contributed by atoms with Gasteiger partial charge in [-0.3, -0.25) is 0 Å². The fourth-order valence-corrected chi connectivity index (χ4v) is 2.10. The van der Waals surface area contributed by atoms with Crippen LogP contribution in [-0.4, -0.2) is 0 Å². The lowest BCUT2D eigenvalue weighted by molar-refractivity contribution is 0.696. The first-order chi connectivity index (χ1) is 5.26. The molecule has 0 aliphatic heterocycles. The van der Waals surface area contributed by atoms with Crippen LogP contribution >= 0.6 is 15.9 Å². The SMILES string of the molecule is N#CC1(Br)Cc2ccccc21. The van der Waals surface area contributed by atoms with Crippen LogP contribution in [0.25, 0.3) is 0 Å². The molecule has 1 aliphatic rings. The third kappa shape index (κ3) is 0.812. The summed E-state index contributed by atoms with van der Waals surface area (Å²) in [6.07, 6.45) is 0.833. The minimum absolute atomic E-state index is 0.385. The highest BCUT2D eigenvalue weighted by atomic mass is 79.9. The molecule has 0 radical (unpaired) electrons. The molecule has 0 heterocycles. The second-order valence-electron chi connectivity index (χ2n) is 2.75. The van der Waals surface area contributed by atoms with Crippen LogP contribution in [0.15, 0.2) is 24.3 Å². The highest BCUT2D eigenvalue weighted by molar-refractivity contribution is 9.09. The molecule has 1 atom stereocenters. The van der Waals surface area contributed by atoms with Gasteiger partial charge < -0.3 is 0 Å². The van der Waals surface area contributed by atoms with Gasteiger partial charge in [-0.1, -0.05) is 40.2 Å². The van der Waals surface area contributed by atoms with Gasteiger partial charge in [-0.2, -0.15) is 5.26 Å². The molecule has 1 unspecified atom stereocenters. The summed E-state index contributed by atoms with van der Waals surface area (Å²) in [5.74, 6) is 0. The smallest absolute Gasteiger partial charge is 0.141 e. The van der Waals surface area contributed by atoms with Crippen molar-refractivity contribution in [2.24, 2.45) is 0 Å². The maximum absolute atomic E-state index is 8.80. The third-order valence-electron chi connectivity index (χ3n) is 2.06. The molecule has 1 nitrogen and oxygen atoms in total. The minimum atomic E-state index is -0.385. The van der Waals surface area contributed by atoms with Crippen LogP contribution in [-0.2, 0) is 10.7 Å². The zero-order valence-corrected chi connectivity index (χ0v) is 7.43. The van der Waals surface area contributed by atoms with Crippen LogP contribution < -0.4 is 0 Å². The molecule has 0 saturated carbocycles. The molecule has 1 aromatic rings. The number of alkyl halides is 1. The Bertz CT molecular complexity index is 340. The number of fused-ring (bicyclic) bond motifs is 1. The Labute approximate surface area is 73.8 Å². The molecule has 2 rings (SSSR count). The first-order valence-corrected chi connectivity index (χ1v) is 4.24. The number of nitriles is 1. The molecule has 1 aromatic carbocycles. The number of hydrogen-bond donors (Lipinski definition) is 0. The predicted octanol–water partition coefficient (Wildman–Crippen LogP) is 2.36. The van der Waals surface area contributed by atoms with Crippen LogP contribution in [0.4, 0.5) is 0 Å². The van der Waals surface area contributed by atoms with E-state index in [9.17, 15) is 0 Å². The van der Waals surface area contributed by atoms with Crippen molar-refractivity contribution in [1.29, 1.82) is 5.26 Å². The monoisotopic (exact) mass is 207 g/mol. The Hall–Kier alpha value is -0.810. The summed E-state index contributed by atoms with van der Waals surface area (Å²) in [4.78, 5) is 0. The fraction of sp³-hybridized carbons (Fsp3) is 0.222. The molecule has 0 saturated heterocycles. The van der Waals surface area contributed by atoms with Crippen molar-refractivity contribution in [3.63, 3.8) is 0 Å². The van der Waals surface area contributed by atoms with Crippen LogP contribution in [0.5, 0.6) is 0 Å². The number of rotatable bonds is 0. The lowest BCUT2D eigenvalue weighted by Crippen LogP contribution is -2.30. The molecule has 0 fully saturated rings. The fourth-order valence-electron chi connectivity index (χ4n) is 1.41. The van der Waals surface area contributed by atoms with Gasteiger partial charge in [0.1, 0.15) is 4.32 Å². The Morgan fingerprint density at radius 2 is 2.18 bits per heavy atom. The van der Waals surface area contributed by atoms with Crippen molar-refractivity contribution in [3.8, 4) is 6.07 Å². The molecule has 0 spiro atoms. The van der Waals surface area contributed by atoms with E-state index in [0.717, 1.165) is 12.0 Å². The second-order valence-corrected chi connectivity index (χ2v) is 4.10. The normalized spacial score (nSPS) is 26.5. The molecule has 2 heteroatoms. The van der Waals surface area contributed by atoms with Crippen molar-refractivity contribution < 1.29 is 0 Å². The third-order valence-corrected chi connectivity index (χ3v) is 2.94. The molecule has 11 heavy (non-hydrogen) atoms. The topological polar surface area (TPSA) is 23.8 Å². The van der Waals surface area contributed by atoms with Crippen LogP contribution in [0, 0.1) is 11.3 Å². The van der Waals surface area contributed by atoms with E-state index in [-0.39, 0.29) is 4.32 Å². The average molecular weight is 208 g/mol. The largest absolute Gasteiger partial charge is 0.196 e. The van der Waals surface area contributed by atoms with Crippen molar-refractivity contribution in [3.05, 3.63) is 35.4 Å². The van der Waals surface area contributed by atoms with Crippen molar-refractivity contribution in [1.82, 2.24) is 0 Å². The van der Waals surface area contributed by atoms with Gasteiger partial charge in [0.2, 0.25) is 0 Å². The standard InChI is InChI=1S/C9H6BrN/c10-9(6-11)5-7-3-1-2-4-8(7)9/h1-4H,5H2. The molecular formula is C9H6BrN. The highest BCUT2D eigenvalue weighted by Gasteiger charge is 2.40. The Morgan fingerprint density at radius 3 is 2.82 bits per heavy atom. The molecular weight excluding hydrogens is 202 g/mol. The number of hydrogen-bond acceptors (Lipinski definition) is 1. The molecule has 0 N–H and O–H groups in total. The number of nitrogens with zero attached hydrogens (tertiary/aromatic N) is 1. The summed E-state index contributed by atoms with van der Waals surface area (Å²) in [6, 6.07) is 10.3. The maximum Gasteiger partial charge on any atom is 0.141 e. The summed E-state index contributed by atoms with van der Waals surface area (Å²) in [5.41, 5.74) is 2.41. The minimum Gasteiger partial charge on any atom is -0.196 e. The van der Waals surface area contributed by atoms with E-state index < -0.39 is 0 Å². The summed E-state index contributed by atoms with van der Waals surface area (Å²) in [5, 5.41) is 8.80. The van der Waals surface area contributed by atoms with E-state index in [2.05, 4.69) is 28.1 Å². The summed E-state index contributed by atoms with van der Waals surface area (Å²) in [6.45, 7) is 0. The van der Waals surface area contributed by atoms with Gasteiger partial charge >= 0.3 is 0 Å². The van der Waals surface area contributed by atoms with Gasteiger partial charge in [0.05, 0.1) is 6.07 Å². The van der Waals surface area contributed by atoms with E-state index in [1.807, 2.05) is 18.2 Å². The van der Waals surface area contributed by atoms with Crippen LogP contribution in [0.1, 0.15) is 11.1 Å². The Morgan fingerprint density at radius 1 is 1.45 bits per heavy atom. The number of halogens is 1. The second kappa shape index (κ2) is 2.09. The van der Waals surface area contributed by atoms with E-state index >= 15 is 0 Å². The molecule has 0 bridgehead atoms. The van der Waals surface area contributed by atoms with Gasteiger partial charge in [-0.05, 0) is 11.1 Å². The van der Waals surface area contributed by atoms with Gasteiger partial charge in [0.25, 0.3) is 0 Å².